The number of rotatable bonds is 7. The minimum atomic E-state index is -0.141. The van der Waals surface area contributed by atoms with Crippen LogP contribution in [0.1, 0.15) is 25.8 Å². The van der Waals surface area contributed by atoms with E-state index < -0.39 is 0 Å². The number of carbonyl (C=O) groups excluding carboxylic acids is 1. The molecule has 3 nitrogen and oxygen atoms in total. The highest BCUT2D eigenvalue weighted by Crippen LogP contribution is 2.27. The second-order valence-electron chi connectivity index (χ2n) is 5.83. The number of aryl methyl sites for hydroxylation is 1. The Labute approximate surface area is 121 Å². The molecule has 2 rings (SSSR count). The summed E-state index contributed by atoms with van der Waals surface area (Å²) in [5.74, 6) is 0.0368. The quantitative estimate of drug-likeness (QED) is 0.565. The molecule has 1 unspecified atom stereocenters. The zero-order valence-electron chi connectivity index (χ0n) is 12.4. The molecule has 20 heavy (non-hydrogen) atoms. The number of epoxide rings is 1. The number of carbonyl (C=O) groups is 1. The molecule has 1 amide bonds. The van der Waals surface area contributed by atoms with E-state index in [2.05, 4.69) is 18.7 Å². The van der Waals surface area contributed by atoms with E-state index in [0.29, 0.717) is 12.1 Å². The molecular weight excluding hydrogens is 250 g/mol. The third-order valence-corrected chi connectivity index (χ3v) is 3.55. The van der Waals surface area contributed by atoms with Crippen molar-refractivity contribution in [1.29, 1.82) is 0 Å². The average Bonchev–Trinajstić information content (AvgIpc) is 3.15. The Morgan fingerprint density at radius 3 is 2.60 bits per heavy atom. The number of benzene rings is 1. The first-order valence-corrected chi connectivity index (χ1v) is 7.13. The monoisotopic (exact) mass is 273 g/mol. The van der Waals surface area contributed by atoms with Crippen LogP contribution >= 0.6 is 0 Å². The Morgan fingerprint density at radius 1 is 1.40 bits per heavy atom. The molecule has 1 fully saturated rings. The lowest BCUT2D eigenvalue weighted by Gasteiger charge is -2.24. The maximum atomic E-state index is 12.2. The van der Waals surface area contributed by atoms with Gasteiger partial charge in [0.15, 0.2) is 0 Å². The highest BCUT2D eigenvalue weighted by Gasteiger charge is 2.41. The van der Waals surface area contributed by atoms with E-state index in [4.69, 9.17) is 4.74 Å². The fourth-order valence-corrected chi connectivity index (χ4v) is 2.26. The topological polar surface area (TPSA) is 32.8 Å². The van der Waals surface area contributed by atoms with Gasteiger partial charge < -0.3 is 9.64 Å². The molecule has 0 bridgehead atoms. The fourth-order valence-electron chi connectivity index (χ4n) is 2.26. The zero-order chi connectivity index (χ0) is 14.6. The van der Waals surface area contributed by atoms with Crippen molar-refractivity contribution >= 4 is 5.91 Å². The first-order valence-electron chi connectivity index (χ1n) is 7.13. The molecule has 1 aromatic rings. The second-order valence-corrected chi connectivity index (χ2v) is 5.83. The van der Waals surface area contributed by atoms with Gasteiger partial charge in [-0.15, -0.1) is 0 Å². The highest BCUT2D eigenvalue weighted by atomic mass is 16.6. The average molecular weight is 273 g/mol. The van der Waals surface area contributed by atoms with Crippen molar-refractivity contribution in [2.24, 2.45) is 0 Å². The van der Waals surface area contributed by atoms with Crippen molar-refractivity contribution < 1.29 is 9.53 Å². The summed E-state index contributed by atoms with van der Waals surface area (Å²) < 4.78 is 5.40. The molecule has 108 valence electrons. The molecule has 1 aromatic carbocycles. The van der Waals surface area contributed by atoms with E-state index in [0.717, 1.165) is 26.0 Å². The van der Waals surface area contributed by atoms with Crippen LogP contribution in [0.2, 0.25) is 0 Å². The van der Waals surface area contributed by atoms with Crippen molar-refractivity contribution in [3.63, 3.8) is 0 Å². The minimum absolute atomic E-state index is 0.0368. The van der Waals surface area contributed by atoms with E-state index in [9.17, 15) is 4.79 Å². The second kappa shape index (κ2) is 6.23. The molecule has 0 aliphatic carbocycles. The van der Waals surface area contributed by atoms with Crippen molar-refractivity contribution in [2.45, 2.75) is 32.3 Å². The lowest BCUT2D eigenvalue weighted by atomic mass is 10.1. The molecular formula is C17H23NO2. The molecule has 0 radical (unpaired) electrons. The van der Waals surface area contributed by atoms with Gasteiger partial charge in [0, 0.05) is 12.1 Å². The van der Waals surface area contributed by atoms with Crippen molar-refractivity contribution in [3.8, 4) is 0 Å². The normalized spacial score (nSPS) is 20.5. The van der Waals surface area contributed by atoms with Crippen molar-refractivity contribution in [2.75, 3.05) is 19.7 Å². The SMILES string of the molecule is C=C(C)C(=O)N(CCCc1ccccc1)CC1(C)CO1. The fraction of sp³-hybridized carbons (Fsp3) is 0.471. The summed E-state index contributed by atoms with van der Waals surface area (Å²) in [7, 11) is 0. The molecule has 1 aliphatic rings. The molecule has 3 heteroatoms. The number of nitrogens with zero attached hydrogens (tertiary/aromatic N) is 1. The van der Waals surface area contributed by atoms with Crippen LogP contribution in [-0.2, 0) is 16.0 Å². The molecule has 1 atom stereocenters. The van der Waals surface area contributed by atoms with E-state index in [1.165, 1.54) is 5.56 Å². The third kappa shape index (κ3) is 4.20. The predicted octanol–water partition coefficient (Wildman–Crippen LogP) is 2.81. The first-order chi connectivity index (χ1) is 9.50. The van der Waals surface area contributed by atoms with Crippen LogP contribution in [0.4, 0.5) is 0 Å². The summed E-state index contributed by atoms with van der Waals surface area (Å²) in [6, 6.07) is 10.4. The van der Waals surface area contributed by atoms with E-state index in [1.54, 1.807) is 6.92 Å². The van der Waals surface area contributed by atoms with Gasteiger partial charge in [0.2, 0.25) is 5.91 Å². The van der Waals surface area contributed by atoms with Gasteiger partial charge in [-0.3, -0.25) is 4.79 Å². The summed E-state index contributed by atoms with van der Waals surface area (Å²) in [6.45, 7) is 9.72. The Bertz CT molecular complexity index is 477. The Morgan fingerprint density at radius 2 is 2.05 bits per heavy atom. The standard InChI is InChI=1S/C17H23NO2/c1-14(2)16(19)18(12-17(3)13-20-17)11-7-10-15-8-5-4-6-9-15/h4-6,8-9H,1,7,10-13H2,2-3H3. The van der Waals surface area contributed by atoms with Crippen LogP contribution in [-0.4, -0.2) is 36.1 Å². The molecule has 0 saturated carbocycles. The highest BCUT2D eigenvalue weighted by molar-refractivity contribution is 5.92. The van der Waals surface area contributed by atoms with Crippen LogP contribution < -0.4 is 0 Å². The molecule has 1 heterocycles. The van der Waals surface area contributed by atoms with Crippen molar-refractivity contribution in [1.82, 2.24) is 4.90 Å². The smallest absolute Gasteiger partial charge is 0.248 e. The van der Waals surface area contributed by atoms with Crippen LogP contribution in [0.3, 0.4) is 0 Å². The van der Waals surface area contributed by atoms with Gasteiger partial charge >= 0.3 is 0 Å². The van der Waals surface area contributed by atoms with Gasteiger partial charge in [0.1, 0.15) is 5.60 Å². The Hall–Kier alpha value is -1.61. The maximum absolute atomic E-state index is 12.2. The predicted molar refractivity (Wildman–Crippen MR) is 80.5 cm³/mol. The van der Waals surface area contributed by atoms with Crippen LogP contribution in [0.25, 0.3) is 0 Å². The number of ether oxygens (including phenoxy) is 1. The van der Waals surface area contributed by atoms with E-state index in [1.807, 2.05) is 30.0 Å². The Balaban J connectivity index is 1.87. The van der Waals surface area contributed by atoms with Gasteiger partial charge in [0.25, 0.3) is 0 Å². The van der Waals surface area contributed by atoms with Gasteiger partial charge in [-0.25, -0.2) is 0 Å². The zero-order valence-corrected chi connectivity index (χ0v) is 12.4. The first kappa shape index (κ1) is 14.8. The van der Waals surface area contributed by atoms with Crippen molar-refractivity contribution in [3.05, 3.63) is 48.0 Å². The molecule has 0 spiro atoms. The number of amides is 1. The molecule has 0 aromatic heterocycles. The molecule has 0 N–H and O–H groups in total. The van der Waals surface area contributed by atoms with Gasteiger partial charge in [-0.2, -0.15) is 0 Å². The summed E-state index contributed by atoms with van der Waals surface area (Å²) in [5, 5.41) is 0. The lowest BCUT2D eigenvalue weighted by molar-refractivity contribution is -0.127. The van der Waals surface area contributed by atoms with Crippen LogP contribution in [0, 0.1) is 0 Å². The van der Waals surface area contributed by atoms with Gasteiger partial charge in [0.05, 0.1) is 13.2 Å². The van der Waals surface area contributed by atoms with Gasteiger partial charge in [-0.1, -0.05) is 36.9 Å². The largest absolute Gasteiger partial charge is 0.368 e. The minimum Gasteiger partial charge on any atom is -0.368 e. The van der Waals surface area contributed by atoms with Crippen LogP contribution in [0.15, 0.2) is 42.5 Å². The summed E-state index contributed by atoms with van der Waals surface area (Å²) >= 11 is 0. The summed E-state index contributed by atoms with van der Waals surface area (Å²) in [6.07, 6.45) is 1.94. The van der Waals surface area contributed by atoms with E-state index >= 15 is 0 Å². The van der Waals surface area contributed by atoms with Gasteiger partial charge in [-0.05, 0) is 32.3 Å². The summed E-state index contributed by atoms with van der Waals surface area (Å²) in [5.41, 5.74) is 1.76. The summed E-state index contributed by atoms with van der Waals surface area (Å²) in [4.78, 5) is 14.0. The lowest BCUT2D eigenvalue weighted by Crippen LogP contribution is -2.39. The maximum Gasteiger partial charge on any atom is 0.248 e. The van der Waals surface area contributed by atoms with Crippen LogP contribution in [0.5, 0.6) is 0 Å². The third-order valence-electron chi connectivity index (χ3n) is 3.55. The van der Waals surface area contributed by atoms with E-state index in [-0.39, 0.29) is 11.5 Å². The number of hydrogen-bond donors (Lipinski definition) is 0. The molecule has 1 saturated heterocycles. The number of hydrogen-bond acceptors (Lipinski definition) is 2. The molecule has 1 aliphatic heterocycles. The Kier molecular flexibility index (Phi) is 4.61.